The van der Waals surface area contributed by atoms with Crippen molar-refractivity contribution >= 4 is 5.91 Å². The van der Waals surface area contributed by atoms with Crippen molar-refractivity contribution < 1.29 is 19.0 Å². The normalized spacial score (nSPS) is 10.1. The van der Waals surface area contributed by atoms with Gasteiger partial charge in [-0.2, -0.15) is 0 Å². The minimum Gasteiger partial charge on any atom is -0.493 e. The van der Waals surface area contributed by atoms with E-state index < -0.39 is 0 Å². The van der Waals surface area contributed by atoms with Crippen LogP contribution in [0.3, 0.4) is 0 Å². The average Bonchev–Trinajstić information content (AvgIpc) is 2.53. The van der Waals surface area contributed by atoms with Crippen LogP contribution in [0.2, 0.25) is 0 Å². The quantitative estimate of drug-likeness (QED) is 0.889. The molecule has 0 saturated carbocycles. The zero-order valence-corrected chi connectivity index (χ0v) is 12.9. The maximum Gasteiger partial charge on any atom is 0.221 e. The lowest BCUT2D eigenvalue weighted by Gasteiger charge is -2.15. The van der Waals surface area contributed by atoms with Gasteiger partial charge in [-0.05, 0) is 28.8 Å². The van der Waals surface area contributed by atoms with Gasteiger partial charge in [0.25, 0.3) is 0 Å². The number of nitrogens with two attached hydrogens (primary N) is 1. The molecule has 0 aliphatic carbocycles. The number of amides is 1. The molecule has 2 aromatic rings. The summed E-state index contributed by atoms with van der Waals surface area (Å²) in [7, 11) is 4.69. The van der Waals surface area contributed by atoms with Gasteiger partial charge in [0.15, 0.2) is 11.5 Å². The van der Waals surface area contributed by atoms with Gasteiger partial charge in [0.05, 0.1) is 27.8 Å². The molecule has 5 heteroatoms. The molecule has 0 radical (unpaired) electrons. The Kier molecular flexibility index (Phi) is 4.88. The lowest BCUT2D eigenvalue weighted by Crippen LogP contribution is -2.14. The molecule has 0 bridgehead atoms. The zero-order chi connectivity index (χ0) is 16.1. The molecule has 2 N–H and O–H groups in total. The van der Waals surface area contributed by atoms with Crippen LogP contribution in [0.1, 0.15) is 5.56 Å². The molecule has 2 rings (SSSR count). The molecule has 5 nitrogen and oxygen atoms in total. The molecule has 0 aromatic heterocycles. The van der Waals surface area contributed by atoms with Gasteiger partial charge in [-0.25, -0.2) is 0 Å². The predicted octanol–water partition coefficient (Wildman–Crippen LogP) is 2.41. The zero-order valence-electron chi connectivity index (χ0n) is 12.9. The van der Waals surface area contributed by atoms with Gasteiger partial charge in [-0.1, -0.05) is 24.3 Å². The van der Waals surface area contributed by atoms with Crippen LogP contribution >= 0.6 is 0 Å². The first-order valence-electron chi connectivity index (χ1n) is 6.77. The molecule has 0 atom stereocenters. The number of carbonyl (C=O) groups excluding carboxylic acids is 1. The number of hydrogen-bond donors (Lipinski definition) is 1. The second kappa shape index (κ2) is 6.85. The molecule has 0 spiro atoms. The van der Waals surface area contributed by atoms with Crippen LogP contribution < -0.4 is 19.9 Å². The van der Waals surface area contributed by atoms with Gasteiger partial charge < -0.3 is 19.9 Å². The Balaban J connectivity index is 2.60. The van der Waals surface area contributed by atoms with Gasteiger partial charge in [0.1, 0.15) is 0 Å². The predicted molar refractivity (Wildman–Crippen MR) is 84.4 cm³/mol. The van der Waals surface area contributed by atoms with Crippen LogP contribution in [0.5, 0.6) is 17.2 Å². The Hall–Kier alpha value is -2.69. The fourth-order valence-electron chi connectivity index (χ4n) is 2.38. The maximum absolute atomic E-state index is 11.3. The Bertz CT molecular complexity index is 657. The lowest BCUT2D eigenvalue weighted by atomic mass is 9.97. The Morgan fingerprint density at radius 3 is 2.09 bits per heavy atom. The molecule has 116 valence electrons. The molecule has 0 aliphatic heterocycles. The fourth-order valence-corrected chi connectivity index (χ4v) is 2.38. The number of benzene rings is 2. The van der Waals surface area contributed by atoms with Crippen LogP contribution in [0.15, 0.2) is 36.4 Å². The number of hydrogen-bond acceptors (Lipinski definition) is 4. The standard InChI is InChI=1S/C17H19NO4/c1-20-14-8-12(9-15(21-2)17(14)22-3)13-7-5-4-6-11(13)10-16(18)19/h4-9H,10H2,1-3H3,(H2,18,19). The first kappa shape index (κ1) is 15.7. The first-order valence-corrected chi connectivity index (χ1v) is 6.77. The summed E-state index contributed by atoms with van der Waals surface area (Å²) in [6.45, 7) is 0. The van der Waals surface area contributed by atoms with Gasteiger partial charge >= 0.3 is 0 Å². The summed E-state index contributed by atoms with van der Waals surface area (Å²) in [6, 6.07) is 11.3. The summed E-state index contributed by atoms with van der Waals surface area (Å²) < 4.78 is 16.1. The van der Waals surface area contributed by atoms with E-state index in [1.807, 2.05) is 36.4 Å². The molecule has 0 unspecified atom stereocenters. The molecular weight excluding hydrogens is 282 g/mol. The first-order chi connectivity index (χ1) is 10.6. The van der Waals surface area contributed by atoms with Crippen molar-refractivity contribution in [3.8, 4) is 28.4 Å². The lowest BCUT2D eigenvalue weighted by molar-refractivity contribution is -0.117. The molecule has 22 heavy (non-hydrogen) atoms. The number of ether oxygens (including phenoxy) is 3. The second-order valence-corrected chi connectivity index (χ2v) is 4.71. The average molecular weight is 301 g/mol. The molecule has 1 amide bonds. The van der Waals surface area contributed by atoms with E-state index in [0.29, 0.717) is 17.2 Å². The summed E-state index contributed by atoms with van der Waals surface area (Å²) in [5.74, 6) is 1.28. The van der Waals surface area contributed by atoms with E-state index in [4.69, 9.17) is 19.9 Å². The largest absolute Gasteiger partial charge is 0.493 e. The van der Waals surface area contributed by atoms with Crippen molar-refractivity contribution in [1.29, 1.82) is 0 Å². The maximum atomic E-state index is 11.3. The Morgan fingerprint density at radius 2 is 1.59 bits per heavy atom. The monoisotopic (exact) mass is 301 g/mol. The SMILES string of the molecule is COc1cc(-c2ccccc2CC(N)=O)cc(OC)c1OC. The smallest absolute Gasteiger partial charge is 0.221 e. The van der Waals surface area contributed by atoms with E-state index in [9.17, 15) is 4.79 Å². The van der Waals surface area contributed by atoms with Gasteiger partial charge in [-0.15, -0.1) is 0 Å². The van der Waals surface area contributed by atoms with Crippen molar-refractivity contribution in [3.05, 3.63) is 42.0 Å². The molecule has 0 fully saturated rings. The van der Waals surface area contributed by atoms with Crippen LogP contribution in [0.4, 0.5) is 0 Å². The van der Waals surface area contributed by atoms with Crippen molar-refractivity contribution in [2.75, 3.05) is 21.3 Å². The summed E-state index contributed by atoms with van der Waals surface area (Å²) in [4.78, 5) is 11.3. The van der Waals surface area contributed by atoms with Crippen molar-refractivity contribution in [1.82, 2.24) is 0 Å². The minimum atomic E-state index is -0.375. The molecule has 0 saturated heterocycles. The molecular formula is C17H19NO4. The number of methoxy groups -OCH3 is 3. The van der Waals surface area contributed by atoms with E-state index in [2.05, 4.69) is 0 Å². The minimum absolute atomic E-state index is 0.173. The van der Waals surface area contributed by atoms with Crippen LogP contribution in [0, 0.1) is 0 Å². The highest BCUT2D eigenvalue weighted by molar-refractivity contribution is 5.81. The van der Waals surface area contributed by atoms with Gasteiger partial charge in [0.2, 0.25) is 11.7 Å². The van der Waals surface area contributed by atoms with E-state index in [0.717, 1.165) is 16.7 Å². The van der Waals surface area contributed by atoms with Crippen molar-refractivity contribution in [2.24, 2.45) is 5.73 Å². The Morgan fingerprint density at radius 1 is 1.00 bits per heavy atom. The van der Waals surface area contributed by atoms with Crippen molar-refractivity contribution in [3.63, 3.8) is 0 Å². The van der Waals surface area contributed by atoms with E-state index in [1.54, 1.807) is 21.3 Å². The Labute approximate surface area is 129 Å². The third kappa shape index (κ3) is 3.14. The van der Waals surface area contributed by atoms with E-state index in [1.165, 1.54) is 0 Å². The van der Waals surface area contributed by atoms with Gasteiger partial charge in [0, 0.05) is 0 Å². The summed E-state index contributed by atoms with van der Waals surface area (Å²) in [5.41, 5.74) is 7.94. The molecule has 2 aromatic carbocycles. The third-order valence-corrected chi connectivity index (χ3v) is 3.36. The fraction of sp³-hybridized carbons (Fsp3) is 0.235. The summed E-state index contributed by atoms with van der Waals surface area (Å²) in [5, 5.41) is 0. The second-order valence-electron chi connectivity index (χ2n) is 4.71. The van der Waals surface area contributed by atoms with Crippen LogP contribution in [-0.2, 0) is 11.2 Å². The molecule has 0 aliphatic rings. The van der Waals surface area contributed by atoms with Gasteiger partial charge in [-0.3, -0.25) is 4.79 Å². The van der Waals surface area contributed by atoms with E-state index >= 15 is 0 Å². The summed E-state index contributed by atoms with van der Waals surface area (Å²) in [6.07, 6.45) is 0.173. The summed E-state index contributed by atoms with van der Waals surface area (Å²) >= 11 is 0. The highest BCUT2D eigenvalue weighted by Gasteiger charge is 2.16. The molecule has 0 heterocycles. The third-order valence-electron chi connectivity index (χ3n) is 3.36. The van der Waals surface area contributed by atoms with Crippen LogP contribution in [0.25, 0.3) is 11.1 Å². The van der Waals surface area contributed by atoms with Crippen molar-refractivity contribution in [2.45, 2.75) is 6.42 Å². The number of primary amides is 1. The highest BCUT2D eigenvalue weighted by atomic mass is 16.5. The number of carbonyl (C=O) groups is 1. The van der Waals surface area contributed by atoms with E-state index in [-0.39, 0.29) is 12.3 Å². The highest BCUT2D eigenvalue weighted by Crippen LogP contribution is 2.41. The number of rotatable bonds is 6. The topological polar surface area (TPSA) is 70.8 Å². The van der Waals surface area contributed by atoms with Crippen LogP contribution in [-0.4, -0.2) is 27.2 Å².